The van der Waals surface area contributed by atoms with Gasteiger partial charge in [0, 0.05) is 74.4 Å². The molecule has 1 N–H and O–H groups in total. The predicted molar refractivity (Wildman–Crippen MR) is 155 cm³/mol. The number of urea groups is 1. The number of aryl methyl sites for hydroxylation is 1. The zero-order chi connectivity index (χ0) is 27.2. The standard InChI is InChI=1S/C30H36ClN5O2/c1-20-17-24(21-9-10-26(25(31)19-21)36-16-11-33(5)29(36)38)28(37)27(32-20)22-7-6-8-23(18-22)34-12-14-35(15-13-34)30(2,3)4/h6-10,17-19,37H,11-16H2,1-5H3. The van der Waals surface area contributed by atoms with Crippen molar-refractivity contribution in [3.63, 3.8) is 0 Å². The lowest BCUT2D eigenvalue weighted by Crippen LogP contribution is -2.53. The summed E-state index contributed by atoms with van der Waals surface area (Å²) in [4.78, 5) is 25.4. The normalized spacial score (nSPS) is 17.0. The largest absolute Gasteiger partial charge is 0.505 e. The van der Waals surface area contributed by atoms with Gasteiger partial charge in [0.25, 0.3) is 0 Å². The molecule has 38 heavy (non-hydrogen) atoms. The third kappa shape index (κ3) is 5.05. The summed E-state index contributed by atoms with van der Waals surface area (Å²) in [5.41, 5.74) is 5.63. The average Bonchev–Trinajstić information content (AvgIpc) is 3.22. The van der Waals surface area contributed by atoms with Gasteiger partial charge >= 0.3 is 6.03 Å². The summed E-state index contributed by atoms with van der Waals surface area (Å²) in [6, 6.07) is 15.6. The number of carbonyl (C=O) groups excluding carboxylic acids is 1. The van der Waals surface area contributed by atoms with Crippen LogP contribution < -0.4 is 9.80 Å². The lowest BCUT2D eigenvalue weighted by molar-refractivity contribution is 0.128. The van der Waals surface area contributed by atoms with Gasteiger partial charge < -0.3 is 14.9 Å². The Kier molecular flexibility index (Phi) is 7.01. The molecule has 0 saturated carbocycles. The van der Waals surface area contributed by atoms with Crippen molar-refractivity contribution in [3.8, 4) is 28.1 Å². The molecule has 0 unspecified atom stereocenters. The van der Waals surface area contributed by atoms with E-state index in [1.54, 1.807) is 16.8 Å². The van der Waals surface area contributed by atoms with E-state index in [4.69, 9.17) is 16.6 Å². The number of piperazine rings is 1. The first-order valence-electron chi connectivity index (χ1n) is 13.2. The Morgan fingerprint density at radius 2 is 1.66 bits per heavy atom. The second kappa shape index (κ2) is 10.1. The number of hydrogen-bond donors (Lipinski definition) is 1. The van der Waals surface area contributed by atoms with Crippen molar-refractivity contribution in [3.05, 3.63) is 59.2 Å². The molecule has 3 aromatic rings. The van der Waals surface area contributed by atoms with Crippen molar-refractivity contribution in [1.82, 2.24) is 14.8 Å². The number of carbonyl (C=O) groups is 1. The third-order valence-corrected chi connectivity index (χ3v) is 7.90. The fraction of sp³-hybridized carbons (Fsp3) is 0.400. The van der Waals surface area contributed by atoms with E-state index in [0.717, 1.165) is 48.7 Å². The van der Waals surface area contributed by atoms with E-state index in [-0.39, 0.29) is 17.3 Å². The minimum atomic E-state index is -0.0655. The van der Waals surface area contributed by atoms with Gasteiger partial charge in [-0.05, 0) is 63.6 Å². The van der Waals surface area contributed by atoms with Crippen LogP contribution in [0.25, 0.3) is 22.4 Å². The molecule has 7 nitrogen and oxygen atoms in total. The van der Waals surface area contributed by atoms with Crippen LogP contribution in [0.1, 0.15) is 26.5 Å². The van der Waals surface area contributed by atoms with E-state index in [9.17, 15) is 9.90 Å². The fourth-order valence-corrected chi connectivity index (χ4v) is 5.62. The number of rotatable bonds is 4. The molecule has 2 aliphatic rings. The van der Waals surface area contributed by atoms with E-state index in [2.05, 4.69) is 42.7 Å². The van der Waals surface area contributed by atoms with Crippen LogP contribution in [0, 0.1) is 6.92 Å². The number of benzene rings is 2. The third-order valence-electron chi connectivity index (χ3n) is 7.60. The molecular formula is C30H36ClN5O2. The van der Waals surface area contributed by atoms with E-state index >= 15 is 0 Å². The van der Waals surface area contributed by atoms with Gasteiger partial charge in [0.15, 0.2) is 0 Å². The molecule has 2 aromatic carbocycles. The van der Waals surface area contributed by atoms with Crippen LogP contribution in [0.5, 0.6) is 5.75 Å². The molecule has 2 fully saturated rings. The highest BCUT2D eigenvalue weighted by Gasteiger charge is 2.29. The van der Waals surface area contributed by atoms with Crippen molar-refractivity contribution in [2.75, 3.05) is 56.1 Å². The van der Waals surface area contributed by atoms with Gasteiger partial charge in [-0.2, -0.15) is 0 Å². The van der Waals surface area contributed by atoms with Crippen molar-refractivity contribution < 1.29 is 9.90 Å². The first kappa shape index (κ1) is 26.3. The van der Waals surface area contributed by atoms with Crippen LogP contribution in [-0.2, 0) is 0 Å². The van der Waals surface area contributed by atoms with Gasteiger partial charge in [0.05, 0.1) is 10.7 Å². The molecule has 2 amide bonds. The number of halogens is 1. The van der Waals surface area contributed by atoms with Crippen LogP contribution in [0.2, 0.25) is 5.02 Å². The summed E-state index contributed by atoms with van der Waals surface area (Å²) in [5.74, 6) is 0.117. The van der Waals surface area contributed by atoms with Gasteiger partial charge in [-0.25, -0.2) is 9.78 Å². The van der Waals surface area contributed by atoms with Crippen LogP contribution in [-0.4, -0.2) is 77.8 Å². The van der Waals surface area contributed by atoms with Crippen molar-refractivity contribution in [2.24, 2.45) is 0 Å². The van der Waals surface area contributed by atoms with Crippen molar-refractivity contribution in [1.29, 1.82) is 0 Å². The Morgan fingerprint density at radius 3 is 2.29 bits per heavy atom. The number of hydrogen-bond acceptors (Lipinski definition) is 5. The Morgan fingerprint density at radius 1 is 0.921 bits per heavy atom. The van der Waals surface area contributed by atoms with Crippen LogP contribution in [0.4, 0.5) is 16.2 Å². The predicted octanol–water partition coefficient (Wildman–Crippen LogP) is 5.88. The molecule has 0 aliphatic carbocycles. The second-order valence-electron chi connectivity index (χ2n) is 11.2. The SMILES string of the molecule is Cc1cc(-c2ccc(N3CCN(C)C3=O)c(Cl)c2)c(O)c(-c2cccc(N3CCN(C(C)(C)C)CC3)c2)n1. The van der Waals surface area contributed by atoms with Gasteiger partial charge in [-0.15, -0.1) is 0 Å². The summed E-state index contributed by atoms with van der Waals surface area (Å²) in [7, 11) is 1.78. The molecule has 0 spiro atoms. The molecule has 2 saturated heterocycles. The number of nitrogens with zero attached hydrogens (tertiary/aromatic N) is 5. The number of likely N-dealkylation sites (N-methyl/N-ethyl adjacent to an activating group) is 1. The number of aromatic nitrogens is 1. The van der Waals surface area contributed by atoms with Gasteiger partial charge in [0.1, 0.15) is 11.4 Å². The highest BCUT2D eigenvalue weighted by molar-refractivity contribution is 6.34. The fourth-order valence-electron chi connectivity index (χ4n) is 5.34. The maximum Gasteiger partial charge on any atom is 0.324 e. The zero-order valence-electron chi connectivity index (χ0n) is 22.8. The second-order valence-corrected chi connectivity index (χ2v) is 11.6. The van der Waals surface area contributed by atoms with E-state index < -0.39 is 0 Å². The Labute approximate surface area is 230 Å². The Balaban J connectivity index is 1.44. The van der Waals surface area contributed by atoms with Crippen molar-refractivity contribution >= 4 is 29.0 Å². The zero-order valence-corrected chi connectivity index (χ0v) is 23.6. The summed E-state index contributed by atoms with van der Waals surface area (Å²) >= 11 is 6.65. The maximum atomic E-state index is 12.5. The average molecular weight is 534 g/mol. The summed E-state index contributed by atoms with van der Waals surface area (Å²) in [6.45, 7) is 13.9. The van der Waals surface area contributed by atoms with Crippen molar-refractivity contribution in [2.45, 2.75) is 33.2 Å². The number of anilines is 2. The molecule has 3 heterocycles. The topological polar surface area (TPSA) is 63.2 Å². The molecule has 1 aromatic heterocycles. The smallest absolute Gasteiger partial charge is 0.324 e. The van der Waals surface area contributed by atoms with Gasteiger partial charge in [-0.1, -0.05) is 29.8 Å². The number of amides is 2. The maximum absolute atomic E-state index is 12.5. The molecule has 0 atom stereocenters. The van der Waals surface area contributed by atoms with Crippen LogP contribution >= 0.6 is 11.6 Å². The molecule has 2 aliphatic heterocycles. The first-order valence-corrected chi connectivity index (χ1v) is 13.5. The van der Waals surface area contributed by atoms with Gasteiger partial charge in [-0.3, -0.25) is 9.80 Å². The quantitative estimate of drug-likeness (QED) is 0.454. The highest BCUT2D eigenvalue weighted by Crippen LogP contribution is 2.41. The highest BCUT2D eigenvalue weighted by atomic mass is 35.5. The summed E-state index contributed by atoms with van der Waals surface area (Å²) in [6.07, 6.45) is 0. The summed E-state index contributed by atoms with van der Waals surface area (Å²) < 4.78 is 0. The molecule has 0 bridgehead atoms. The molecular weight excluding hydrogens is 498 g/mol. The minimum Gasteiger partial charge on any atom is -0.505 e. The van der Waals surface area contributed by atoms with E-state index in [1.807, 2.05) is 43.3 Å². The van der Waals surface area contributed by atoms with Crippen LogP contribution in [0.3, 0.4) is 0 Å². The number of pyridine rings is 1. The monoisotopic (exact) mass is 533 g/mol. The Hall–Kier alpha value is -3.29. The molecule has 0 radical (unpaired) electrons. The van der Waals surface area contributed by atoms with E-state index in [0.29, 0.717) is 35.1 Å². The molecule has 5 rings (SSSR count). The molecule has 200 valence electrons. The lowest BCUT2D eigenvalue weighted by atomic mass is 9.99. The minimum absolute atomic E-state index is 0.0655. The first-order chi connectivity index (χ1) is 18.0. The van der Waals surface area contributed by atoms with E-state index in [1.165, 1.54) is 0 Å². The van der Waals surface area contributed by atoms with Gasteiger partial charge in [0.2, 0.25) is 0 Å². The number of aromatic hydroxyl groups is 1. The summed E-state index contributed by atoms with van der Waals surface area (Å²) in [5, 5.41) is 11.9. The Bertz CT molecular complexity index is 1360. The lowest BCUT2D eigenvalue weighted by Gasteiger charge is -2.43. The van der Waals surface area contributed by atoms with Crippen LogP contribution in [0.15, 0.2) is 48.5 Å². The molecule has 8 heteroatoms.